The number of aromatic nitrogens is 2. The van der Waals surface area contributed by atoms with Crippen molar-refractivity contribution in [2.45, 2.75) is 12.7 Å². The molecule has 1 atom stereocenters. The largest absolute Gasteiger partial charge is 0.276 e. The average molecular weight is 219 g/mol. The highest BCUT2D eigenvalue weighted by atomic mass is 35.5. The van der Waals surface area contributed by atoms with Crippen molar-refractivity contribution in [1.29, 1.82) is 0 Å². The van der Waals surface area contributed by atoms with Crippen LogP contribution in [0.4, 0.5) is 0 Å². The Morgan fingerprint density at radius 2 is 2.46 bits per heavy atom. The van der Waals surface area contributed by atoms with Gasteiger partial charge in [0.05, 0.1) is 6.20 Å². The van der Waals surface area contributed by atoms with Crippen molar-refractivity contribution in [3.63, 3.8) is 0 Å². The first-order chi connectivity index (χ1) is 6.22. The molecule has 4 heteroatoms. The number of hydrogen-bond donors (Lipinski definition) is 0. The van der Waals surface area contributed by atoms with Gasteiger partial charge in [-0.3, -0.25) is 4.68 Å². The Labute approximate surface area is 88.7 Å². The van der Waals surface area contributed by atoms with Gasteiger partial charge < -0.3 is 0 Å². The van der Waals surface area contributed by atoms with Gasteiger partial charge in [0, 0.05) is 24.9 Å². The van der Waals surface area contributed by atoms with E-state index in [1.54, 1.807) is 0 Å². The van der Waals surface area contributed by atoms with Crippen LogP contribution in [0.25, 0.3) is 0 Å². The number of aryl methyl sites for hydroxylation is 1. The molecule has 2 nitrogen and oxygen atoms in total. The summed E-state index contributed by atoms with van der Waals surface area (Å²) in [6, 6.07) is 0. The van der Waals surface area contributed by atoms with E-state index in [1.807, 2.05) is 29.7 Å². The van der Waals surface area contributed by atoms with Crippen LogP contribution in [-0.4, -0.2) is 21.4 Å². The van der Waals surface area contributed by atoms with Crippen molar-refractivity contribution in [3.8, 4) is 0 Å². The smallest absolute Gasteiger partial charge is 0.0530 e. The summed E-state index contributed by atoms with van der Waals surface area (Å²) in [4.78, 5) is 0. The van der Waals surface area contributed by atoms with E-state index in [0.717, 1.165) is 17.4 Å². The number of thioether (sulfide) groups is 1. The summed E-state index contributed by atoms with van der Waals surface area (Å²) in [6.45, 7) is 2.17. The Morgan fingerprint density at radius 3 is 3.00 bits per heavy atom. The molecule has 1 aromatic heterocycles. The predicted octanol–water partition coefficient (Wildman–Crippen LogP) is 2.53. The normalized spacial score (nSPS) is 13.2. The zero-order valence-electron chi connectivity index (χ0n) is 8.03. The molecule has 0 spiro atoms. The van der Waals surface area contributed by atoms with E-state index in [2.05, 4.69) is 18.2 Å². The number of nitrogens with zero attached hydrogens (tertiary/aromatic N) is 2. The highest BCUT2D eigenvalue weighted by Gasteiger charge is 2.01. The van der Waals surface area contributed by atoms with Crippen molar-refractivity contribution in [3.05, 3.63) is 18.0 Å². The Morgan fingerprint density at radius 1 is 1.69 bits per heavy atom. The third-order valence-electron chi connectivity index (χ3n) is 1.69. The summed E-state index contributed by atoms with van der Waals surface area (Å²) in [5.74, 6) is 3.51. The Bertz CT molecular complexity index is 250. The third-order valence-corrected chi connectivity index (χ3v) is 3.56. The summed E-state index contributed by atoms with van der Waals surface area (Å²) in [6.07, 6.45) is 3.97. The Kier molecular flexibility index (Phi) is 4.67. The lowest BCUT2D eigenvalue weighted by atomic mass is 10.3. The molecule has 0 saturated carbocycles. The molecule has 0 bridgehead atoms. The van der Waals surface area contributed by atoms with Gasteiger partial charge in [-0.05, 0) is 17.2 Å². The summed E-state index contributed by atoms with van der Waals surface area (Å²) in [5, 5.41) is 4.11. The number of alkyl halides is 1. The van der Waals surface area contributed by atoms with Gasteiger partial charge in [0.2, 0.25) is 0 Å². The lowest BCUT2D eigenvalue weighted by Crippen LogP contribution is -1.99. The molecule has 1 rings (SSSR count). The van der Waals surface area contributed by atoms with E-state index in [1.165, 1.54) is 5.56 Å². The molecule has 0 aromatic carbocycles. The maximum atomic E-state index is 5.71. The van der Waals surface area contributed by atoms with Gasteiger partial charge in [0.1, 0.15) is 0 Å². The average Bonchev–Trinajstić information content (AvgIpc) is 2.51. The van der Waals surface area contributed by atoms with Gasteiger partial charge in [-0.15, -0.1) is 11.6 Å². The minimum atomic E-state index is 0.600. The molecule has 0 saturated heterocycles. The highest BCUT2D eigenvalue weighted by Crippen LogP contribution is 2.15. The van der Waals surface area contributed by atoms with Crippen molar-refractivity contribution in [2.75, 3.05) is 11.6 Å². The lowest BCUT2D eigenvalue weighted by Gasteiger charge is -2.04. The predicted molar refractivity (Wildman–Crippen MR) is 59.3 cm³/mol. The Hall–Kier alpha value is -0.150. The molecule has 1 unspecified atom stereocenters. The van der Waals surface area contributed by atoms with Crippen LogP contribution < -0.4 is 0 Å². The van der Waals surface area contributed by atoms with E-state index in [-0.39, 0.29) is 0 Å². The minimum Gasteiger partial charge on any atom is -0.276 e. The molecule has 0 aliphatic heterocycles. The van der Waals surface area contributed by atoms with Crippen LogP contribution in [0.1, 0.15) is 12.5 Å². The topological polar surface area (TPSA) is 17.8 Å². The Balaban J connectivity index is 2.20. The van der Waals surface area contributed by atoms with Gasteiger partial charge >= 0.3 is 0 Å². The first-order valence-electron chi connectivity index (χ1n) is 4.33. The zero-order chi connectivity index (χ0) is 9.68. The number of rotatable bonds is 5. The zero-order valence-corrected chi connectivity index (χ0v) is 9.61. The van der Waals surface area contributed by atoms with Gasteiger partial charge in [-0.2, -0.15) is 16.9 Å². The number of hydrogen-bond acceptors (Lipinski definition) is 2. The molecule has 1 heterocycles. The molecular weight excluding hydrogens is 204 g/mol. The van der Waals surface area contributed by atoms with Gasteiger partial charge in [-0.25, -0.2) is 0 Å². The fraction of sp³-hybridized carbons (Fsp3) is 0.667. The van der Waals surface area contributed by atoms with Gasteiger partial charge in [0.15, 0.2) is 0 Å². The van der Waals surface area contributed by atoms with E-state index in [9.17, 15) is 0 Å². The molecule has 0 aliphatic carbocycles. The minimum absolute atomic E-state index is 0.600. The molecular formula is C9H15ClN2S. The summed E-state index contributed by atoms with van der Waals surface area (Å²) >= 11 is 7.62. The molecule has 0 fully saturated rings. The summed E-state index contributed by atoms with van der Waals surface area (Å²) in [5.41, 5.74) is 1.29. The van der Waals surface area contributed by atoms with E-state index < -0.39 is 0 Å². The van der Waals surface area contributed by atoms with Gasteiger partial charge in [0.25, 0.3) is 0 Å². The fourth-order valence-electron chi connectivity index (χ4n) is 0.969. The van der Waals surface area contributed by atoms with E-state index in [4.69, 9.17) is 11.6 Å². The molecule has 0 aliphatic rings. The maximum Gasteiger partial charge on any atom is 0.0530 e. The van der Waals surface area contributed by atoms with Crippen LogP contribution in [0.2, 0.25) is 0 Å². The third kappa shape index (κ3) is 4.05. The second-order valence-corrected chi connectivity index (χ2v) is 4.64. The molecule has 0 radical (unpaired) electrons. The molecule has 13 heavy (non-hydrogen) atoms. The second-order valence-electron chi connectivity index (χ2n) is 3.30. The van der Waals surface area contributed by atoms with Crippen LogP contribution in [0.15, 0.2) is 12.4 Å². The van der Waals surface area contributed by atoms with Crippen LogP contribution in [-0.2, 0) is 12.8 Å². The first-order valence-corrected chi connectivity index (χ1v) is 6.02. The van der Waals surface area contributed by atoms with Gasteiger partial charge in [-0.1, -0.05) is 6.92 Å². The van der Waals surface area contributed by atoms with Crippen molar-refractivity contribution in [1.82, 2.24) is 9.78 Å². The van der Waals surface area contributed by atoms with E-state index in [0.29, 0.717) is 5.92 Å². The van der Waals surface area contributed by atoms with Crippen molar-refractivity contribution in [2.24, 2.45) is 13.0 Å². The lowest BCUT2D eigenvalue weighted by molar-refractivity contribution is 0.759. The van der Waals surface area contributed by atoms with Crippen molar-refractivity contribution < 1.29 is 0 Å². The SMILES string of the molecule is CC(CCl)CSCc1cnn(C)c1. The summed E-state index contributed by atoms with van der Waals surface area (Å²) in [7, 11) is 1.94. The molecule has 0 amide bonds. The molecule has 0 N–H and O–H groups in total. The van der Waals surface area contributed by atoms with E-state index >= 15 is 0 Å². The van der Waals surface area contributed by atoms with Crippen LogP contribution in [0.5, 0.6) is 0 Å². The molecule has 1 aromatic rings. The maximum absolute atomic E-state index is 5.71. The van der Waals surface area contributed by atoms with Crippen LogP contribution in [0.3, 0.4) is 0 Å². The summed E-state index contributed by atoms with van der Waals surface area (Å²) < 4.78 is 1.83. The fourth-order valence-corrected chi connectivity index (χ4v) is 2.23. The quantitative estimate of drug-likeness (QED) is 0.707. The molecule has 74 valence electrons. The standard InChI is InChI=1S/C9H15ClN2S/c1-8(3-10)6-13-7-9-4-11-12(2)5-9/h4-5,8H,3,6-7H2,1-2H3. The monoisotopic (exact) mass is 218 g/mol. The van der Waals surface area contributed by atoms with Crippen LogP contribution in [0, 0.1) is 5.92 Å². The first kappa shape index (κ1) is 10.9. The number of halogens is 1. The second kappa shape index (κ2) is 5.55. The van der Waals surface area contributed by atoms with Crippen LogP contribution >= 0.6 is 23.4 Å². The van der Waals surface area contributed by atoms with Crippen molar-refractivity contribution >= 4 is 23.4 Å². The highest BCUT2D eigenvalue weighted by molar-refractivity contribution is 7.98.